The first kappa shape index (κ1) is 9.33. The summed E-state index contributed by atoms with van der Waals surface area (Å²) in [5.74, 6) is 0. The second-order valence-electron chi connectivity index (χ2n) is 2.92. The maximum atomic E-state index is 11.6. The van der Waals surface area contributed by atoms with E-state index in [0.717, 1.165) is 4.74 Å². The molecule has 0 fully saturated rings. The molecule has 0 saturated carbocycles. The Labute approximate surface area is 87.1 Å². The lowest BCUT2D eigenvalue weighted by Crippen LogP contribution is -2.00. The first-order valence-corrected chi connectivity index (χ1v) is 4.48. The van der Waals surface area contributed by atoms with Gasteiger partial charge in [-0.3, -0.25) is 4.98 Å². The van der Waals surface area contributed by atoms with Gasteiger partial charge < -0.3 is 5.21 Å². The van der Waals surface area contributed by atoms with Crippen LogP contribution in [0.15, 0.2) is 48.9 Å². The summed E-state index contributed by atoms with van der Waals surface area (Å²) in [5, 5.41) is 11.6. The Balaban J connectivity index is 2.29. The lowest BCUT2D eigenvalue weighted by molar-refractivity contribution is -0.354. The van der Waals surface area contributed by atoms with Gasteiger partial charge in [0, 0.05) is 24.5 Å². The number of rotatable bonds is 2. The lowest BCUT2D eigenvalue weighted by atomic mass is 10.3. The molecule has 1 aromatic carbocycles. The molecular weight excluding hydrogens is 190 g/mol. The van der Waals surface area contributed by atoms with Crippen LogP contribution in [0.2, 0.25) is 0 Å². The van der Waals surface area contributed by atoms with Crippen LogP contribution < -0.4 is 0 Å². The Hall–Kier alpha value is -2.23. The zero-order chi connectivity index (χ0) is 10.5. The second kappa shape index (κ2) is 4.32. The van der Waals surface area contributed by atoms with Crippen LogP contribution in [0.1, 0.15) is 5.69 Å². The number of aromatic nitrogens is 2. The average molecular weight is 199 g/mol. The van der Waals surface area contributed by atoms with Gasteiger partial charge >= 0.3 is 0 Å². The largest absolute Gasteiger partial charge is 0.618 e. The maximum absolute atomic E-state index is 11.6. The van der Waals surface area contributed by atoms with Gasteiger partial charge in [0.25, 0.3) is 0 Å². The topological polar surface area (TPSA) is 51.9 Å². The highest BCUT2D eigenvalue weighted by Gasteiger charge is 2.00. The van der Waals surface area contributed by atoms with Crippen molar-refractivity contribution in [1.29, 1.82) is 0 Å². The molecule has 4 nitrogen and oxygen atoms in total. The summed E-state index contributed by atoms with van der Waals surface area (Å²) in [6, 6.07) is 8.95. The minimum atomic E-state index is 0.538. The molecule has 0 amide bonds. The lowest BCUT2D eigenvalue weighted by Gasteiger charge is -2.01. The maximum Gasteiger partial charge on any atom is 0.216 e. The molecule has 0 atom stereocenters. The highest BCUT2D eigenvalue weighted by atomic mass is 16.5. The number of benzene rings is 1. The number of para-hydroxylation sites is 1. The van der Waals surface area contributed by atoms with E-state index in [1.165, 1.54) is 12.4 Å². The van der Waals surface area contributed by atoms with Crippen molar-refractivity contribution in [3.63, 3.8) is 0 Å². The van der Waals surface area contributed by atoms with E-state index in [1.54, 1.807) is 24.5 Å². The first-order chi connectivity index (χ1) is 7.36. The molecule has 0 bridgehead atoms. The first-order valence-electron chi connectivity index (χ1n) is 4.48. The second-order valence-corrected chi connectivity index (χ2v) is 2.92. The Bertz CT molecular complexity index is 454. The van der Waals surface area contributed by atoms with E-state index in [0.29, 0.717) is 11.4 Å². The van der Waals surface area contributed by atoms with Crippen LogP contribution in [-0.4, -0.2) is 20.9 Å². The summed E-state index contributed by atoms with van der Waals surface area (Å²) in [6.45, 7) is 0. The molecule has 0 radical (unpaired) electrons. The molecule has 0 aliphatic rings. The van der Waals surface area contributed by atoms with Gasteiger partial charge in [-0.25, -0.2) is 4.98 Å². The Morgan fingerprint density at radius 2 is 1.93 bits per heavy atom. The van der Waals surface area contributed by atoms with Crippen molar-refractivity contribution in [2.45, 2.75) is 0 Å². The van der Waals surface area contributed by atoms with E-state index in [2.05, 4.69) is 9.97 Å². The fraction of sp³-hybridized carbons (Fsp3) is 0. The van der Waals surface area contributed by atoms with E-state index in [1.807, 2.05) is 18.2 Å². The summed E-state index contributed by atoms with van der Waals surface area (Å²) in [4.78, 5) is 7.86. The molecule has 0 aliphatic carbocycles. The number of hydrogen-bond donors (Lipinski definition) is 0. The van der Waals surface area contributed by atoms with Crippen LogP contribution in [0.3, 0.4) is 0 Å². The third-order valence-electron chi connectivity index (χ3n) is 1.84. The molecule has 0 N–H and O–H groups in total. The standard InChI is InChI=1S/C11H9N3O/c15-14(11-4-2-1-3-5-11)9-10-8-12-6-7-13-10/h1-9H. The summed E-state index contributed by atoms with van der Waals surface area (Å²) < 4.78 is 0.768. The van der Waals surface area contributed by atoms with Crippen LogP contribution in [0.4, 0.5) is 5.69 Å². The van der Waals surface area contributed by atoms with Crippen LogP contribution >= 0.6 is 0 Å². The normalized spacial score (nSPS) is 11.3. The van der Waals surface area contributed by atoms with Crippen LogP contribution in [-0.2, 0) is 0 Å². The third-order valence-corrected chi connectivity index (χ3v) is 1.84. The summed E-state index contributed by atoms with van der Waals surface area (Å²) in [7, 11) is 0. The fourth-order valence-corrected chi connectivity index (χ4v) is 1.15. The zero-order valence-electron chi connectivity index (χ0n) is 7.95. The van der Waals surface area contributed by atoms with Gasteiger partial charge in [-0.15, -0.1) is 0 Å². The molecule has 15 heavy (non-hydrogen) atoms. The zero-order valence-corrected chi connectivity index (χ0v) is 7.95. The molecule has 0 unspecified atom stereocenters. The molecule has 1 aromatic heterocycles. The molecule has 74 valence electrons. The van der Waals surface area contributed by atoms with Crippen LogP contribution in [0.5, 0.6) is 0 Å². The summed E-state index contributed by atoms with van der Waals surface area (Å²) in [6.07, 6.45) is 6.04. The van der Waals surface area contributed by atoms with Crippen molar-refractivity contribution >= 4 is 11.9 Å². The average Bonchev–Trinajstić information content (AvgIpc) is 2.31. The molecule has 2 rings (SSSR count). The molecule has 0 saturated heterocycles. The number of nitrogens with zero attached hydrogens (tertiary/aromatic N) is 3. The Morgan fingerprint density at radius 3 is 2.60 bits per heavy atom. The highest BCUT2D eigenvalue weighted by molar-refractivity contribution is 5.73. The summed E-state index contributed by atoms with van der Waals surface area (Å²) in [5.41, 5.74) is 1.11. The molecule has 2 aromatic rings. The van der Waals surface area contributed by atoms with Gasteiger partial charge in [0.2, 0.25) is 11.9 Å². The predicted molar refractivity (Wildman–Crippen MR) is 56.9 cm³/mol. The Kier molecular flexibility index (Phi) is 2.69. The SMILES string of the molecule is [O-][N+](=Cc1cnccn1)c1ccccc1. The molecular formula is C11H9N3O. The van der Waals surface area contributed by atoms with Crippen molar-refractivity contribution in [2.75, 3.05) is 0 Å². The van der Waals surface area contributed by atoms with Gasteiger partial charge in [-0.2, -0.15) is 4.74 Å². The van der Waals surface area contributed by atoms with Gasteiger partial charge in [0.05, 0.1) is 6.20 Å². The van der Waals surface area contributed by atoms with E-state index < -0.39 is 0 Å². The van der Waals surface area contributed by atoms with Gasteiger partial charge in [-0.05, 0) is 0 Å². The minimum absolute atomic E-state index is 0.538. The van der Waals surface area contributed by atoms with E-state index in [-0.39, 0.29) is 0 Å². The predicted octanol–water partition coefficient (Wildman–Crippen LogP) is 1.74. The van der Waals surface area contributed by atoms with Gasteiger partial charge in [-0.1, -0.05) is 18.2 Å². The van der Waals surface area contributed by atoms with Crippen molar-refractivity contribution in [3.05, 3.63) is 59.8 Å². The van der Waals surface area contributed by atoms with Crippen molar-refractivity contribution in [2.24, 2.45) is 0 Å². The van der Waals surface area contributed by atoms with Gasteiger partial charge in [0.15, 0.2) is 0 Å². The minimum Gasteiger partial charge on any atom is -0.618 e. The van der Waals surface area contributed by atoms with Crippen LogP contribution in [0, 0.1) is 5.21 Å². The van der Waals surface area contributed by atoms with Crippen molar-refractivity contribution < 1.29 is 4.74 Å². The molecule has 4 heteroatoms. The van der Waals surface area contributed by atoms with E-state index in [9.17, 15) is 5.21 Å². The van der Waals surface area contributed by atoms with E-state index >= 15 is 0 Å². The molecule has 0 aliphatic heterocycles. The Morgan fingerprint density at radius 1 is 1.13 bits per heavy atom. The summed E-state index contributed by atoms with van der Waals surface area (Å²) >= 11 is 0. The fourth-order valence-electron chi connectivity index (χ4n) is 1.15. The van der Waals surface area contributed by atoms with Crippen molar-refractivity contribution in [3.8, 4) is 0 Å². The van der Waals surface area contributed by atoms with Gasteiger partial charge in [0.1, 0.15) is 5.69 Å². The molecule has 1 heterocycles. The van der Waals surface area contributed by atoms with Crippen molar-refractivity contribution in [1.82, 2.24) is 9.97 Å². The monoisotopic (exact) mass is 199 g/mol. The quantitative estimate of drug-likeness (QED) is 0.320. The smallest absolute Gasteiger partial charge is 0.216 e. The third kappa shape index (κ3) is 2.37. The molecule has 0 spiro atoms. The van der Waals surface area contributed by atoms with Crippen LogP contribution in [0.25, 0.3) is 0 Å². The number of hydrogen-bond acceptors (Lipinski definition) is 3. The highest BCUT2D eigenvalue weighted by Crippen LogP contribution is 2.08. The van der Waals surface area contributed by atoms with E-state index in [4.69, 9.17) is 0 Å².